The van der Waals surface area contributed by atoms with Gasteiger partial charge in [-0.1, -0.05) is 41.5 Å². The molecule has 15 nitrogen and oxygen atoms in total. The highest BCUT2D eigenvalue weighted by molar-refractivity contribution is 7.10. The number of hydrogen-bond donors (Lipinski definition) is 2. The number of urea groups is 1. The van der Waals surface area contributed by atoms with Crippen LogP contribution in [0.5, 0.6) is 0 Å². The molecule has 3 aliphatic rings. The molecule has 7 rings (SSSR count). The Hall–Kier alpha value is -4.93. The van der Waals surface area contributed by atoms with Gasteiger partial charge < -0.3 is 29.2 Å². The number of esters is 1. The number of fused-ring (bicyclic) bond motifs is 6. The standard InChI is InChI=1S/C44H59N9O6S/c1-10-52-38(29-13-11-15-45-36(29)25(2)3)31-19-44(6,7)24-59-42(56)32-14-12-16-53(49-32)41(55)33(18-35-47-34(23-60-35)27-17-30(31)39(52)46-20-27)48-40(54)37(26(4)5)50(8)43(57)51-21-28(22-51)58-9/h11,13,15,17,20,23,25-26,28,32-33,37,49H,10,12,14,16,18-19,21-22,24H2,1-9H3,(H,48,54)/t32-,33-,37-/m0/s1. The Morgan fingerprint density at radius 1 is 1.17 bits per heavy atom. The Labute approximate surface area is 356 Å². The van der Waals surface area contributed by atoms with Gasteiger partial charge in [-0.2, -0.15) is 0 Å². The SMILES string of the molecule is CCn1c(-c2cccnc2C(C)C)c2c3cc(cnc31)-c1csc(n1)C[C@H](NC(=O)[C@H](C(C)C)N(C)C(=O)N1CC(OC)C1)C(=O)N1CCC[C@H](N1)C(=O)OCC(C)(C)C2. The van der Waals surface area contributed by atoms with Crippen molar-refractivity contribution in [3.63, 3.8) is 0 Å². The van der Waals surface area contributed by atoms with Crippen LogP contribution in [0.4, 0.5) is 4.79 Å². The number of ether oxygens (including phenoxy) is 2. The molecule has 3 atom stereocenters. The van der Waals surface area contributed by atoms with Crippen molar-refractivity contribution in [3.05, 3.63) is 52.2 Å². The fourth-order valence-corrected chi connectivity index (χ4v) is 9.53. The number of pyridine rings is 2. The number of methoxy groups -OCH3 is 1. The third-order valence-corrected chi connectivity index (χ3v) is 12.7. The number of aromatic nitrogens is 4. The minimum atomic E-state index is -1.05. The maximum absolute atomic E-state index is 14.5. The monoisotopic (exact) mass is 841 g/mol. The van der Waals surface area contributed by atoms with Crippen LogP contribution in [0.25, 0.3) is 33.5 Å². The number of aryl methyl sites for hydroxylation is 1. The largest absolute Gasteiger partial charge is 0.464 e. The fraction of sp³-hybridized carbons (Fsp3) is 0.568. The molecule has 7 heterocycles. The summed E-state index contributed by atoms with van der Waals surface area (Å²) in [5.74, 6) is -1.38. The second-order valence-corrected chi connectivity index (χ2v) is 18.7. The second kappa shape index (κ2) is 17.6. The Kier molecular flexibility index (Phi) is 12.6. The number of nitrogens with one attached hydrogen (secondary N) is 2. The molecule has 3 aliphatic heterocycles. The molecule has 4 amide bonds. The molecule has 4 aromatic rings. The van der Waals surface area contributed by atoms with E-state index in [0.717, 1.165) is 39.1 Å². The molecule has 2 N–H and O–H groups in total. The molecular weight excluding hydrogens is 783 g/mol. The zero-order chi connectivity index (χ0) is 43.0. The molecule has 0 aromatic carbocycles. The number of cyclic esters (lactones) is 1. The summed E-state index contributed by atoms with van der Waals surface area (Å²) < 4.78 is 13.7. The summed E-state index contributed by atoms with van der Waals surface area (Å²) in [6.07, 6.45) is 5.37. The van der Waals surface area contributed by atoms with E-state index in [1.54, 1.807) is 19.1 Å². The number of hydrogen-bond acceptors (Lipinski definition) is 11. The zero-order valence-corrected chi connectivity index (χ0v) is 37.1. The molecule has 2 saturated heterocycles. The number of thiazole rings is 1. The molecule has 0 spiro atoms. The number of hydrazine groups is 1. The summed E-state index contributed by atoms with van der Waals surface area (Å²) in [5, 5.41) is 8.02. The van der Waals surface area contributed by atoms with Crippen molar-refractivity contribution in [2.75, 3.05) is 40.4 Å². The summed E-state index contributed by atoms with van der Waals surface area (Å²) in [7, 11) is 3.23. The van der Waals surface area contributed by atoms with Crippen molar-refractivity contribution in [2.45, 2.75) is 111 Å². The number of amides is 4. The van der Waals surface area contributed by atoms with Gasteiger partial charge >= 0.3 is 12.0 Å². The average Bonchev–Trinajstić information content (AvgIpc) is 3.80. The van der Waals surface area contributed by atoms with E-state index < -0.39 is 41.3 Å². The minimum Gasteiger partial charge on any atom is -0.464 e. The maximum atomic E-state index is 14.5. The van der Waals surface area contributed by atoms with E-state index in [9.17, 15) is 19.2 Å². The summed E-state index contributed by atoms with van der Waals surface area (Å²) in [6.45, 7) is 16.4. The van der Waals surface area contributed by atoms with E-state index in [1.165, 1.54) is 21.2 Å². The lowest BCUT2D eigenvalue weighted by Gasteiger charge is -2.42. The van der Waals surface area contributed by atoms with E-state index in [4.69, 9.17) is 24.4 Å². The van der Waals surface area contributed by atoms with Crippen molar-refractivity contribution in [2.24, 2.45) is 11.3 Å². The Morgan fingerprint density at radius 3 is 2.63 bits per heavy atom. The van der Waals surface area contributed by atoms with Gasteiger partial charge in [0.1, 0.15) is 23.8 Å². The summed E-state index contributed by atoms with van der Waals surface area (Å²) in [5.41, 5.74) is 9.23. The zero-order valence-electron chi connectivity index (χ0n) is 36.3. The van der Waals surface area contributed by atoms with Crippen LogP contribution in [0.2, 0.25) is 0 Å². The van der Waals surface area contributed by atoms with Crippen LogP contribution >= 0.6 is 11.3 Å². The van der Waals surface area contributed by atoms with E-state index >= 15 is 0 Å². The highest BCUT2D eigenvalue weighted by Gasteiger charge is 2.40. The topological polar surface area (TPSA) is 164 Å². The third kappa shape index (κ3) is 8.64. The van der Waals surface area contributed by atoms with Crippen molar-refractivity contribution >= 4 is 46.2 Å². The van der Waals surface area contributed by atoms with Gasteiger partial charge in [0.15, 0.2) is 0 Å². The van der Waals surface area contributed by atoms with Crippen LogP contribution in [0.3, 0.4) is 0 Å². The molecule has 0 saturated carbocycles. The molecular formula is C44H59N9O6S. The predicted octanol–water partition coefficient (Wildman–Crippen LogP) is 5.42. The quantitative estimate of drug-likeness (QED) is 0.219. The van der Waals surface area contributed by atoms with Gasteiger partial charge in [0.05, 0.1) is 47.9 Å². The smallest absolute Gasteiger partial charge is 0.324 e. The first-order valence-corrected chi connectivity index (χ1v) is 22.0. The summed E-state index contributed by atoms with van der Waals surface area (Å²) >= 11 is 1.40. The van der Waals surface area contributed by atoms with Gasteiger partial charge in [0, 0.05) is 73.4 Å². The molecule has 6 bridgehead atoms. The minimum absolute atomic E-state index is 0.0364. The van der Waals surface area contributed by atoms with E-state index in [2.05, 4.69) is 62.1 Å². The number of carbonyl (C=O) groups excluding carboxylic acids is 4. The van der Waals surface area contributed by atoms with Gasteiger partial charge in [-0.05, 0) is 61.8 Å². The maximum Gasteiger partial charge on any atom is 0.324 e. The van der Waals surface area contributed by atoms with Gasteiger partial charge in [-0.25, -0.2) is 20.2 Å². The normalized spacial score (nSPS) is 20.5. The average molecular weight is 842 g/mol. The van der Waals surface area contributed by atoms with Crippen molar-refractivity contribution in [3.8, 4) is 22.5 Å². The molecule has 4 aromatic heterocycles. The summed E-state index contributed by atoms with van der Waals surface area (Å²) in [6, 6.07) is 3.30. The van der Waals surface area contributed by atoms with Crippen molar-refractivity contribution in [1.29, 1.82) is 0 Å². The molecule has 16 heteroatoms. The number of rotatable bonds is 8. The van der Waals surface area contributed by atoms with Gasteiger partial charge in [-0.15, -0.1) is 11.3 Å². The van der Waals surface area contributed by atoms with Crippen LogP contribution in [0, 0.1) is 11.3 Å². The Balaban J connectivity index is 1.28. The Bertz CT molecular complexity index is 2240. The van der Waals surface area contributed by atoms with Gasteiger partial charge in [0.2, 0.25) is 5.91 Å². The van der Waals surface area contributed by atoms with E-state index in [-0.39, 0.29) is 37.0 Å². The lowest BCUT2D eigenvalue weighted by Crippen LogP contribution is -2.64. The molecule has 0 unspecified atom stereocenters. The number of likely N-dealkylation sites (tertiary alicyclic amines) is 1. The number of likely N-dealkylation sites (N-methyl/N-ethyl adjacent to an activating group) is 1. The molecule has 0 radical (unpaired) electrons. The van der Waals surface area contributed by atoms with Crippen LogP contribution in [0.1, 0.15) is 83.5 Å². The fourth-order valence-electron chi connectivity index (χ4n) is 8.68. The number of carbonyl (C=O) groups is 4. The third-order valence-electron chi connectivity index (χ3n) is 11.9. The van der Waals surface area contributed by atoms with Gasteiger partial charge in [0.25, 0.3) is 5.91 Å². The predicted molar refractivity (Wildman–Crippen MR) is 230 cm³/mol. The van der Waals surface area contributed by atoms with Crippen LogP contribution in [-0.4, -0.2) is 123 Å². The highest BCUT2D eigenvalue weighted by Crippen LogP contribution is 2.41. The van der Waals surface area contributed by atoms with Crippen LogP contribution < -0.4 is 10.7 Å². The van der Waals surface area contributed by atoms with Gasteiger partial charge in [-0.3, -0.25) is 24.4 Å². The van der Waals surface area contributed by atoms with Crippen molar-refractivity contribution in [1.82, 2.24) is 45.1 Å². The van der Waals surface area contributed by atoms with Crippen molar-refractivity contribution < 1.29 is 28.7 Å². The lowest BCUT2D eigenvalue weighted by molar-refractivity contribution is -0.155. The highest BCUT2D eigenvalue weighted by atomic mass is 32.1. The first kappa shape index (κ1) is 43.2. The first-order chi connectivity index (χ1) is 28.6. The first-order valence-electron chi connectivity index (χ1n) is 21.1. The molecule has 60 heavy (non-hydrogen) atoms. The molecule has 322 valence electrons. The number of nitrogens with zero attached hydrogens (tertiary/aromatic N) is 7. The van der Waals surface area contributed by atoms with E-state index in [1.807, 2.05) is 37.7 Å². The van der Waals surface area contributed by atoms with Crippen LogP contribution in [-0.2, 0) is 43.2 Å². The Morgan fingerprint density at radius 2 is 1.93 bits per heavy atom. The molecule has 0 aliphatic carbocycles. The summed E-state index contributed by atoms with van der Waals surface area (Å²) in [4.78, 5) is 74.0. The second-order valence-electron chi connectivity index (χ2n) is 17.8. The van der Waals surface area contributed by atoms with Crippen LogP contribution in [0.15, 0.2) is 36.0 Å². The molecule has 2 fully saturated rings. The lowest BCUT2D eigenvalue weighted by atomic mass is 9.84. The van der Waals surface area contributed by atoms with E-state index in [0.29, 0.717) is 56.1 Å².